The van der Waals surface area contributed by atoms with Crippen molar-refractivity contribution in [3.05, 3.63) is 24.3 Å². The van der Waals surface area contributed by atoms with E-state index >= 15 is 0 Å². The van der Waals surface area contributed by atoms with Crippen molar-refractivity contribution in [2.75, 3.05) is 13.2 Å². The fourth-order valence-corrected chi connectivity index (χ4v) is 3.63. The van der Waals surface area contributed by atoms with E-state index in [0.29, 0.717) is 12.8 Å². The van der Waals surface area contributed by atoms with Crippen molar-refractivity contribution in [3.63, 3.8) is 0 Å². The van der Waals surface area contributed by atoms with Gasteiger partial charge in [-0.25, -0.2) is 9.59 Å². The van der Waals surface area contributed by atoms with Crippen molar-refractivity contribution >= 4 is 11.9 Å². The number of aliphatic hydroxyl groups is 4. The lowest BCUT2D eigenvalue weighted by atomic mass is 10.0. The van der Waals surface area contributed by atoms with E-state index in [2.05, 4.69) is 18.6 Å². The molecule has 0 saturated carbocycles. The Morgan fingerprint density at radius 1 is 0.600 bits per heavy atom. The molecule has 0 aliphatic heterocycles. The second kappa shape index (κ2) is 20.6. The summed E-state index contributed by atoms with van der Waals surface area (Å²) in [5.74, 6) is -2.79. The van der Waals surface area contributed by atoms with E-state index < -0.39 is 36.4 Å². The number of carbonyl (C=O) groups excluding carboxylic acids is 2. The van der Waals surface area contributed by atoms with Gasteiger partial charge in [-0.2, -0.15) is 0 Å². The molecule has 4 N–H and O–H groups in total. The first-order chi connectivity index (χ1) is 16.8. The number of allylic oxidation sites excluding steroid dienone is 2. The lowest BCUT2D eigenvalue weighted by Gasteiger charge is -2.23. The van der Waals surface area contributed by atoms with Crippen LogP contribution in [0.1, 0.15) is 117 Å². The molecule has 0 rings (SSSR count). The van der Waals surface area contributed by atoms with E-state index in [0.717, 1.165) is 50.7 Å². The maximum Gasteiger partial charge on any atom is 0.352 e. The van der Waals surface area contributed by atoms with Gasteiger partial charge in [0.15, 0.2) is 0 Å². The van der Waals surface area contributed by atoms with Crippen molar-refractivity contribution in [2.45, 2.75) is 128 Å². The number of ether oxygens (including phenoxy) is 1. The number of esters is 2. The highest BCUT2D eigenvalue weighted by Crippen LogP contribution is 2.17. The molecule has 0 saturated heterocycles. The van der Waals surface area contributed by atoms with Crippen LogP contribution >= 0.6 is 0 Å². The second-order valence-corrected chi connectivity index (χ2v) is 9.47. The van der Waals surface area contributed by atoms with Crippen LogP contribution in [0.25, 0.3) is 0 Å². The fourth-order valence-electron chi connectivity index (χ4n) is 3.63. The van der Waals surface area contributed by atoms with Crippen LogP contribution in [0, 0.1) is 0 Å². The summed E-state index contributed by atoms with van der Waals surface area (Å²) in [6.45, 7) is 2.39. The Balaban J connectivity index is 4.56. The molecule has 0 amide bonds. The van der Waals surface area contributed by atoms with E-state index in [1.807, 2.05) is 0 Å². The Morgan fingerprint density at radius 3 is 1.23 bits per heavy atom. The highest BCUT2D eigenvalue weighted by Gasteiger charge is 2.41. The predicted molar refractivity (Wildman–Crippen MR) is 139 cm³/mol. The highest BCUT2D eigenvalue weighted by atomic mass is 16.6. The molecule has 35 heavy (non-hydrogen) atoms. The molecule has 0 radical (unpaired) electrons. The molecule has 7 nitrogen and oxygen atoms in total. The zero-order chi connectivity index (χ0) is 26.4. The van der Waals surface area contributed by atoms with Crippen LogP contribution in [0.15, 0.2) is 24.3 Å². The average molecular weight is 499 g/mol. The van der Waals surface area contributed by atoms with Crippen LogP contribution in [-0.2, 0) is 14.3 Å². The lowest BCUT2D eigenvalue weighted by Crippen LogP contribution is -2.48. The van der Waals surface area contributed by atoms with Gasteiger partial charge in [-0.05, 0) is 37.8 Å². The second-order valence-electron chi connectivity index (χ2n) is 9.47. The summed E-state index contributed by atoms with van der Waals surface area (Å²) in [6.07, 6.45) is 22.4. The average Bonchev–Trinajstić information content (AvgIpc) is 2.86. The molecule has 0 bridgehead atoms. The van der Waals surface area contributed by atoms with Gasteiger partial charge in [0.05, 0.1) is 13.2 Å². The zero-order valence-corrected chi connectivity index (χ0v) is 22.1. The van der Waals surface area contributed by atoms with Gasteiger partial charge in [-0.15, -0.1) is 0 Å². The first-order valence-electron chi connectivity index (χ1n) is 13.6. The molecule has 0 aromatic rings. The van der Waals surface area contributed by atoms with Gasteiger partial charge in [0.25, 0.3) is 0 Å². The molecule has 0 aromatic carbocycles. The van der Waals surface area contributed by atoms with Crippen LogP contribution in [0.3, 0.4) is 0 Å². The van der Waals surface area contributed by atoms with Crippen molar-refractivity contribution in [3.8, 4) is 0 Å². The van der Waals surface area contributed by atoms with Crippen molar-refractivity contribution < 1.29 is 34.8 Å². The third-order valence-electron chi connectivity index (χ3n) is 6.11. The minimum Gasteiger partial charge on any atom is -0.392 e. The van der Waals surface area contributed by atoms with E-state index in [1.165, 1.54) is 51.4 Å². The first kappa shape index (κ1) is 33.5. The van der Waals surface area contributed by atoms with Crippen LogP contribution in [-0.4, -0.2) is 56.8 Å². The van der Waals surface area contributed by atoms with Crippen molar-refractivity contribution in [1.82, 2.24) is 0 Å². The topological polar surface area (TPSA) is 124 Å². The molecule has 0 fully saturated rings. The van der Waals surface area contributed by atoms with Gasteiger partial charge in [0.1, 0.15) is 0 Å². The Kier molecular flexibility index (Phi) is 19.7. The molecular weight excluding hydrogens is 448 g/mol. The third kappa shape index (κ3) is 15.2. The summed E-state index contributed by atoms with van der Waals surface area (Å²) in [6, 6.07) is 0. The Morgan fingerprint density at radius 2 is 0.914 bits per heavy atom. The summed E-state index contributed by atoms with van der Waals surface area (Å²) in [7, 11) is 0. The molecule has 7 heteroatoms. The number of carbonyl (C=O) groups is 2. The SMILES string of the molecule is CCCCCCCCCC=CC(O)(CO)C(=O)OC(=O)C(O)(C=CCCCCCCCCC)CO. The summed E-state index contributed by atoms with van der Waals surface area (Å²) < 4.78 is 4.63. The van der Waals surface area contributed by atoms with E-state index in [4.69, 9.17) is 0 Å². The van der Waals surface area contributed by atoms with Gasteiger partial charge < -0.3 is 25.2 Å². The third-order valence-corrected chi connectivity index (χ3v) is 6.11. The molecule has 0 heterocycles. The summed E-state index contributed by atoms with van der Waals surface area (Å²) in [5, 5.41) is 39.8. The number of hydrogen-bond acceptors (Lipinski definition) is 7. The van der Waals surface area contributed by atoms with Crippen LogP contribution in [0.2, 0.25) is 0 Å². The van der Waals surface area contributed by atoms with Crippen LogP contribution in [0.5, 0.6) is 0 Å². The Hall–Kier alpha value is -1.54. The molecule has 0 spiro atoms. The Labute approximate surface area is 212 Å². The molecule has 0 aliphatic carbocycles. The van der Waals surface area contributed by atoms with Gasteiger partial charge in [-0.1, -0.05) is 103 Å². The standard InChI is InChI=1S/C28H50O7/c1-3-5-7-9-11-13-15-17-19-21-27(33,23-29)25(31)35-26(32)28(34,24-30)22-20-18-16-14-12-10-8-6-4-2/h19-22,29-30,33-34H,3-18,23-24H2,1-2H3. The van der Waals surface area contributed by atoms with Crippen molar-refractivity contribution in [2.24, 2.45) is 0 Å². The van der Waals surface area contributed by atoms with Gasteiger partial charge >= 0.3 is 11.9 Å². The van der Waals surface area contributed by atoms with E-state index in [9.17, 15) is 30.0 Å². The summed E-state index contributed by atoms with van der Waals surface area (Å²) in [5.41, 5.74) is -4.79. The normalized spacial score (nSPS) is 15.4. The number of rotatable bonds is 22. The first-order valence-corrected chi connectivity index (χ1v) is 13.6. The monoisotopic (exact) mass is 498 g/mol. The van der Waals surface area contributed by atoms with Crippen molar-refractivity contribution in [1.29, 1.82) is 0 Å². The molecule has 0 aliphatic rings. The smallest absolute Gasteiger partial charge is 0.352 e. The van der Waals surface area contributed by atoms with Gasteiger partial charge in [-0.3, -0.25) is 0 Å². The molecular formula is C28H50O7. The molecule has 204 valence electrons. The molecule has 2 unspecified atom stereocenters. The van der Waals surface area contributed by atoms with Crippen LogP contribution < -0.4 is 0 Å². The molecule has 0 aromatic heterocycles. The predicted octanol–water partition coefficient (Wildman–Crippen LogP) is 4.90. The van der Waals surface area contributed by atoms with Gasteiger partial charge in [0, 0.05) is 0 Å². The van der Waals surface area contributed by atoms with E-state index in [1.54, 1.807) is 12.2 Å². The molecule has 2 atom stereocenters. The minimum absolute atomic E-state index is 0.610. The lowest BCUT2D eigenvalue weighted by molar-refractivity contribution is -0.182. The van der Waals surface area contributed by atoms with Crippen LogP contribution in [0.4, 0.5) is 0 Å². The maximum atomic E-state index is 12.3. The summed E-state index contributed by atoms with van der Waals surface area (Å²) in [4.78, 5) is 24.7. The number of aliphatic hydroxyl groups excluding tert-OH is 2. The Bertz CT molecular complexity index is 564. The minimum atomic E-state index is -2.39. The quantitative estimate of drug-likeness (QED) is 0.0724. The largest absolute Gasteiger partial charge is 0.392 e. The highest BCUT2D eigenvalue weighted by molar-refractivity contribution is 5.95. The number of unbranched alkanes of at least 4 members (excludes halogenated alkanes) is 14. The zero-order valence-electron chi connectivity index (χ0n) is 22.1. The maximum absolute atomic E-state index is 12.3. The fraction of sp³-hybridized carbons (Fsp3) is 0.786. The van der Waals surface area contributed by atoms with Gasteiger partial charge in [0.2, 0.25) is 11.2 Å². The summed E-state index contributed by atoms with van der Waals surface area (Å²) >= 11 is 0. The number of hydrogen-bond donors (Lipinski definition) is 4. The van der Waals surface area contributed by atoms with E-state index in [-0.39, 0.29) is 0 Å².